The number of nitrogens with zero attached hydrogens (tertiary/aromatic N) is 4. The van der Waals surface area contributed by atoms with Crippen LogP contribution < -0.4 is 4.90 Å². The van der Waals surface area contributed by atoms with E-state index in [0.29, 0.717) is 43.1 Å². The van der Waals surface area contributed by atoms with E-state index < -0.39 is 10.0 Å². The first kappa shape index (κ1) is 21.6. The monoisotopic (exact) mass is 470 g/mol. The summed E-state index contributed by atoms with van der Waals surface area (Å²) in [5.41, 5.74) is 4.25. The Kier molecular flexibility index (Phi) is 5.11. The second-order valence-corrected chi connectivity index (χ2v) is 13.0. The van der Waals surface area contributed by atoms with E-state index in [1.807, 2.05) is 6.20 Å². The van der Waals surface area contributed by atoms with Crippen molar-refractivity contribution in [2.75, 3.05) is 31.4 Å². The van der Waals surface area contributed by atoms with Crippen molar-refractivity contribution >= 4 is 27.7 Å². The lowest BCUT2D eigenvalue weighted by molar-refractivity contribution is 0.0717. The van der Waals surface area contributed by atoms with Crippen LogP contribution in [-0.4, -0.2) is 67.1 Å². The third-order valence-electron chi connectivity index (χ3n) is 8.72. The van der Waals surface area contributed by atoms with Crippen LogP contribution in [0.4, 0.5) is 5.69 Å². The largest absolute Gasteiger partial charge is 0.349 e. The minimum atomic E-state index is -3.14. The highest BCUT2D eigenvalue weighted by molar-refractivity contribution is 7.88. The highest BCUT2D eigenvalue weighted by Gasteiger charge is 2.44. The first-order valence-corrected chi connectivity index (χ1v) is 14.4. The van der Waals surface area contributed by atoms with Crippen LogP contribution >= 0.6 is 0 Å². The number of hydrogen-bond donors (Lipinski definition) is 0. The Morgan fingerprint density at radius 3 is 2.36 bits per heavy atom. The SMILES string of the molecule is CN(CC1CCC(N2CN(C3CC3)C(=O)c3cnc4c(c32)C=CC2CC[C@@H]42)CC1)S(C)(=O)=O. The fourth-order valence-electron chi connectivity index (χ4n) is 6.33. The maximum atomic E-state index is 13.4. The zero-order valence-electron chi connectivity index (χ0n) is 19.6. The molecule has 33 heavy (non-hydrogen) atoms. The molecule has 0 bridgehead atoms. The van der Waals surface area contributed by atoms with Gasteiger partial charge in [0.2, 0.25) is 10.0 Å². The number of hydrogen-bond acceptors (Lipinski definition) is 5. The fourth-order valence-corrected chi connectivity index (χ4v) is 6.81. The minimum absolute atomic E-state index is 0.145. The number of sulfonamides is 1. The molecule has 3 saturated carbocycles. The summed E-state index contributed by atoms with van der Waals surface area (Å²) >= 11 is 0. The molecule has 2 heterocycles. The predicted molar refractivity (Wildman–Crippen MR) is 128 cm³/mol. The number of amides is 1. The van der Waals surface area contributed by atoms with Crippen molar-refractivity contribution in [2.24, 2.45) is 11.8 Å². The number of rotatable bonds is 5. The molecule has 4 aliphatic carbocycles. The number of aromatic nitrogens is 1. The summed E-state index contributed by atoms with van der Waals surface area (Å²) in [4.78, 5) is 22.8. The zero-order valence-corrected chi connectivity index (χ0v) is 20.4. The van der Waals surface area contributed by atoms with Gasteiger partial charge in [-0.15, -0.1) is 0 Å². The molecular weight excluding hydrogens is 436 g/mol. The molecule has 2 atom stereocenters. The normalized spacial score (nSPS) is 31.2. The lowest BCUT2D eigenvalue weighted by Gasteiger charge is -2.47. The molecule has 8 heteroatoms. The van der Waals surface area contributed by atoms with Gasteiger partial charge in [0, 0.05) is 43.4 Å². The van der Waals surface area contributed by atoms with Crippen molar-refractivity contribution in [3.63, 3.8) is 0 Å². The van der Waals surface area contributed by atoms with Crippen LogP contribution in [0.2, 0.25) is 0 Å². The number of pyridine rings is 1. The summed E-state index contributed by atoms with van der Waals surface area (Å²) in [6.07, 6.45) is 16.4. The van der Waals surface area contributed by atoms with E-state index in [-0.39, 0.29) is 5.91 Å². The maximum Gasteiger partial charge on any atom is 0.259 e. The second-order valence-electron chi connectivity index (χ2n) is 10.9. The van der Waals surface area contributed by atoms with E-state index in [9.17, 15) is 13.2 Å². The first-order chi connectivity index (χ1) is 15.8. The number of fused-ring (bicyclic) bond motifs is 5. The molecule has 1 amide bonds. The molecule has 5 aliphatic rings. The Balaban J connectivity index is 1.29. The zero-order chi connectivity index (χ0) is 22.9. The maximum absolute atomic E-state index is 13.4. The quantitative estimate of drug-likeness (QED) is 0.659. The van der Waals surface area contributed by atoms with Crippen LogP contribution in [0.15, 0.2) is 12.3 Å². The van der Waals surface area contributed by atoms with E-state index in [1.54, 1.807) is 7.05 Å². The van der Waals surface area contributed by atoms with Crippen LogP contribution in [0, 0.1) is 11.8 Å². The van der Waals surface area contributed by atoms with Crippen molar-refractivity contribution < 1.29 is 13.2 Å². The molecule has 6 rings (SSSR count). The van der Waals surface area contributed by atoms with Gasteiger partial charge in [0.1, 0.15) is 0 Å². The topological polar surface area (TPSA) is 73.8 Å². The third kappa shape index (κ3) is 3.70. The Labute approximate surface area is 196 Å². The average Bonchev–Trinajstić information content (AvgIpc) is 3.59. The molecule has 0 aromatic carbocycles. The van der Waals surface area contributed by atoms with Gasteiger partial charge in [0.15, 0.2) is 0 Å². The predicted octanol–water partition coefficient (Wildman–Crippen LogP) is 3.43. The van der Waals surface area contributed by atoms with Crippen LogP contribution in [0.3, 0.4) is 0 Å². The molecule has 0 N–H and O–H groups in total. The Bertz CT molecular complexity index is 1100. The van der Waals surface area contributed by atoms with E-state index >= 15 is 0 Å². The Morgan fingerprint density at radius 2 is 1.73 bits per heavy atom. The summed E-state index contributed by atoms with van der Waals surface area (Å²) in [6.45, 7) is 1.27. The van der Waals surface area contributed by atoms with Crippen molar-refractivity contribution in [3.8, 4) is 0 Å². The molecule has 1 aliphatic heterocycles. The van der Waals surface area contributed by atoms with Crippen molar-refractivity contribution in [1.29, 1.82) is 0 Å². The van der Waals surface area contributed by atoms with Gasteiger partial charge in [-0.05, 0) is 63.2 Å². The Morgan fingerprint density at radius 1 is 1.03 bits per heavy atom. The summed E-state index contributed by atoms with van der Waals surface area (Å²) in [7, 11) is -1.46. The fraction of sp³-hybridized carbons (Fsp3) is 0.680. The van der Waals surface area contributed by atoms with E-state index in [0.717, 1.165) is 49.8 Å². The van der Waals surface area contributed by atoms with Gasteiger partial charge < -0.3 is 9.80 Å². The van der Waals surface area contributed by atoms with Gasteiger partial charge in [-0.3, -0.25) is 9.78 Å². The van der Waals surface area contributed by atoms with Gasteiger partial charge >= 0.3 is 0 Å². The van der Waals surface area contributed by atoms with Gasteiger partial charge in [-0.25, -0.2) is 12.7 Å². The summed E-state index contributed by atoms with van der Waals surface area (Å²) in [5.74, 6) is 1.66. The standard InChI is InChI=1S/C25H34N4O3S/c1-27(33(2,31)32)14-16-3-7-18(8-4-16)28-15-29(19-9-10-19)25(30)22-13-26-23-20-11-5-17(20)6-12-21(23)24(22)28/h6,12-13,16-20H,3-5,7-11,14-15H2,1-2H3/t16?,17?,18?,20-/m1/s1. The number of allylic oxidation sites excluding steroid dienone is 1. The van der Waals surface area contributed by atoms with Crippen LogP contribution in [-0.2, 0) is 10.0 Å². The summed E-state index contributed by atoms with van der Waals surface area (Å²) < 4.78 is 25.2. The smallest absolute Gasteiger partial charge is 0.259 e. The van der Waals surface area contributed by atoms with E-state index in [1.165, 1.54) is 34.7 Å². The van der Waals surface area contributed by atoms with Crippen LogP contribution in [0.5, 0.6) is 0 Å². The lowest BCUT2D eigenvalue weighted by atomic mass is 9.67. The average molecular weight is 471 g/mol. The number of anilines is 1. The highest BCUT2D eigenvalue weighted by Crippen LogP contribution is 2.51. The molecule has 178 valence electrons. The molecule has 1 aromatic heterocycles. The van der Waals surface area contributed by atoms with Crippen LogP contribution in [0.25, 0.3) is 6.08 Å². The summed E-state index contributed by atoms with van der Waals surface area (Å²) in [6, 6.07) is 0.743. The third-order valence-corrected chi connectivity index (χ3v) is 10.00. The molecular formula is C25H34N4O3S. The molecule has 7 nitrogen and oxygen atoms in total. The summed E-state index contributed by atoms with van der Waals surface area (Å²) in [5, 5.41) is 0. The first-order valence-electron chi connectivity index (χ1n) is 12.5. The van der Waals surface area contributed by atoms with Gasteiger partial charge in [0.25, 0.3) is 5.91 Å². The molecule has 3 fully saturated rings. The highest BCUT2D eigenvalue weighted by atomic mass is 32.2. The van der Waals surface area contributed by atoms with Gasteiger partial charge in [-0.2, -0.15) is 0 Å². The number of carbonyl (C=O) groups is 1. The van der Waals surface area contributed by atoms with Gasteiger partial charge in [0.05, 0.1) is 29.9 Å². The lowest BCUT2D eigenvalue weighted by Crippen LogP contribution is -2.53. The van der Waals surface area contributed by atoms with Gasteiger partial charge in [-0.1, -0.05) is 12.2 Å². The van der Waals surface area contributed by atoms with Crippen LogP contribution in [0.1, 0.15) is 78.9 Å². The molecule has 1 unspecified atom stereocenters. The minimum Gasteiger partial charge on any atom is -0.349 e. The van der Waals surface area contributed by atoms with Crippen molar-refractivity contribution in [1.82, 2.24) is 14.2 Å². The second kappa shape index (κ2) is 7.80. The van der Waals surface area contributed by atoms with E-state index in [2.05, 4.69) is 22.0 Å². The Hall–Kier alpha value is -1.93. The van der Waals surface area contributed by atoms with Crippen molar-refractivity contribution in [2.45, 2.75) is 69.4 Å². The molecule has 0 saturated heterocycles. The molecule has 1 aromatic rings. The number of carbonyl (C=O) groups excluding carboxylic acids is 1. The molecule has 0 spiro atoms. The van der Waals surface area contributed by atoms with E-state index in [4.69, 9.17) is 4.98 Å². The molecule has 0 radical (unpaired) electrons. The van der Waals surface area contributed by atoms with Crippen molar-refractivity contribution in [3.05, 3.63) is 29.1 Å².